The summed E-state index contributed by atoms with van der Waals surface area (Å²) in [5.74, 6) is 0.247. The molecule has 1 aromatic rings. The van der Waals surface area contributed by atoms with Gasteiger partial charge in [0.15, 0.2) is 0 Å². The summed E-state index contributed by atoms with van der Waals surface area (Å²) < 4.78 is 14.7. The average Bonchev–Trinajstić information content (AvgIpc) is 2.64. The second-order valence-corrected chi connectivity index (χ2v) is 6.70. The van der Waals surface area contributed by atoms with Gasteiger partial charge in [-0.15, -0.1) is 0 Å². The van der Waals surface area contributed by atoms with E-state index in [1.54, 1.807) is 12.1 Å². The molecule has 1 fully saturated rings. The van der Waals surface area contributed by atoms with Crippen LogP contribution in [0.5, 0.6) is 0 Å². The Labute approximate surface area is 127 Å². The topological polar surface area (TPSA) is 26.0 Å². The van der Waals surface area contributed by atoms with E-state index in [0.717, 1.165) is 6.42 Å². The lowest BCUT2D eigenvalue weighted by Crippen LogP contribution is -2.17. The van der Waals surface area contributed by atoms with Gasteiger partial charge in [-0.05, 0) is 34.3 Å². The largest absolute Gasteiger partial charge is 0.324 e. The van der Waals surface area contributed by atoms with Gasteiger partial charge in [-0.1, -0.05) is 56.2 Å². The van der Waals surface area contributed by atoms with E-state index in [1.165, 1.54) is 38.5 Å². The van der Waals surface area contributed by atoms with Crippen LogP contribution in [0.2, 0.25) is 5.02 Å². The third-order valence-corrected chi connectivity index (χ3v) is 5.29. The van der Waals surface area contributed by atoms with E-state index in [0.29, 0.717) is 16.0 Å². The molecule has 19 heavy (non-hydrogen) atoms. The number of rotatable bonds is 3. The molecule has 0 bridgehead atoms. The minimum atomic E-state index is -0.378. The highest BCUT2D eigenvalue weighted by Gasteiger charge is 2.20. The van der Waals surface area contributed by atoms with E-state index in [-0.39, 0.29) is 16.9 Å². The van der Waals surface area contributed by atoms with E-state index < -0.39 is 0 Å². The molecule has 4 heteroatoms. The molecule has 1 nitrogen and oxygen atoms in total. The lowest BCUT2D eigenvalue weighted by Gasteiger charge is -2.20. The van der Waals surface area contributed by atoms with Crippen LogP contribution >= 0.6 is 27.5 Å². The Hall–Kier alpha value is -0.120. The highest BCUT2D eigenvalue weighted by atomic mass is 79.9. The fourth-order valence-electron chi connectivity index (χ4n) is 2.91. The summed E-state index contributed by atoms with van der Waals surface area (Å²) in [6.45, 7) is 0. The van der Waals surface area contributed by atoms with Crippen molar-refractivity contribution in [3.05, 3.63) is 33.0 Å². The quantitative estimate of drug-likeness (QED) is 0.558. The first-order chi connectivity index (χ1) is 9.09. The number of nitrogens with two attached hydrogens (primary N) is 1. The van der Waals surface area contributed by atoms with Crippen molar-refractivity contribution in [2.24, 2.45) is 11.7 Å². The van der Waals surface area contributed by atoms with Gasteiger partial charge in [-0.25, -0.2) is 4.39 Å². The third-order valence-electron chi connectivity index (χ3n) is 4.03. The Balaban J connectivity index is 2.06. The van der Waals surface area contributed by atoms with Crippen molar-refractivity contribution in [3.8, 4) is 0 Å². The van der Waals surface area contributed by atoms with Crippen LogP contribution in [0.25, 0.3) is 0 Å². The second-order valence-electron chi connectivity index (χ2n) is 5.46. The van der Waals surface area contributed by atoms with Crippen molar-refractivity contribution in [3.63, 3.8) is 0 Å². The minimum Gasteiger partial charge on any atom is -0.324 e. The smallest absolute Gasteiger partial charge is 0.147 e. The van der Waals surface area contributed by atoms with E-state index in [1.807, 2.05) is 0 Å². The molecule has 0 spiro atoms. The average molecular weight is 349 g/mol. The first kappa shape index (κ1) is 15.3. The zero-order valence-electron chi connectivity index (χ0n) is 11.0. The fourth-order valence-corrected chi connectivity index (χ4v) is 3.39. The highest BCUT2D eigenvalue weighted by Crippen LogP contribution is 2.34. The van der Waals surface area contributed by atoms with Crippen molar-refractivity contribution in [2.75, 3.05) is 0 Å². The maximum absolute atomic E-state index is 14.1. The molecule has 0 amide bonds. The SMILES string of the molecule is NC(CC1CCCCCC1)c1ccc(Br)c(Cl)c1F. The molecule has 106 valence electrons. The van der Waals surface area contributed by atoms with Crippen LogP contribution in [0.15, 0.2) is 16.6 Å². The molecular weight excluding hydrogens is 329 g/mol. The molecule has 2 N–H and O–H groups in total. The standard InChI is InChI=1S/C15H20BrClFN/c16-12-8-7-11(15(18)14(12)17)13(19)9-10-5-3-1-2-4-6-10/h7-8,10,13H,1-6,9,19H2. The summed E-state index contributed by atoms with van der Waals surface area (Å²) in [5, 5.41) is 0.133. The van der Waals surface area contributed by atoms with Gasteiger partial charge in [0.2, 0.25) is 0 Å². The Morgan fingerprint density at radius 3 is 2.53 bits per heavy atom. The maximum Gasteiger partial charge on any atom is 0.147 e. The van der Waals surface area contributed by atoms with Crippen molar-refractivity contribution >= 4 is 27.5 Å². The molecule has 0 radical (unpaired) electrons. The normalized spacial score (nSPS) is 19.2. The molecular formula is C15H20BrClFN. The zero-order valence-corrected chi connectivity index (χ0v) is 13.3. The maximum atomic E-state index is 14.1. The summed E-state index contributed by atoms with van der Waals surface area (Å²) >= 11 is 9.14. The van der Waals surface area contributed by atoms with Gasteiger partial charge >= 0.3 is 0 Å². The Morgan fingerprint density at radius 2 is 1.89 bits per heavy atom. The van der Waals surface area contributed by atoms with Gasteiger partial charge in [-0.2, -0.15) is 0 Å². The van der Waals surface area contributed by atoms with Gasteiger partial charge in [-0.3, -0.25) is 0 Å². The van der Waals surface area contributed by atoms with E-state index in [9.17, 15) is 4.39 Å². The molecule has 1 aliphatic carbocycles. The molecule has 0 heterocycles. The predicted molar refractivity (Wildman–Crippen MR) is 81.8 cm³/mol. The summed E-state index contributed by atoms with van der Waals surface area (Å²) in [6, 6.07) is 3.26. The molecule has 1 unspecified atom stereocenters. The highest BCUT2D eigenvalue weighted by molar-refractivity contribution is 9.10. The number of hydrogen-bond acceptors (Lipinski definition) is 1. The van der Waals surface area contributed by atoms with Gasteiger partial charge in [0.05, 0.1) is 5.02 Å². The van der Waals surface area contributed by atoms with Gasteiger partial charge in [0, 0.05) is 16.1 Å². The van der Waals surface area contributed by atoms with E-state index >= 15 is 0 Å². The molecule has 1 saturated carbocycles. The number of hydrogen-bond donors (Lipinski definition) is 1. The van der Waals surface area contributed by atoms with Crippen molar-refractivity contribution in [2.45, 2.75) is 51.0 Å². The second kappa shape index (κ2) is 7.05. The van der Waals surface area contributed by atoms with Crippen molar-refractivity contribution < 1.29 is 4.39 Å². The van der Waals surface area contributed by atoms with Crippen LogP contribution < -0.4 is 5.73 Å². The third kappa shape index (κ3) is 3.93. The minimum absolute atomic E-state index is 0.133. The van der Waals surface area contributed by atoms with Gasteiger partial charge < -0.3 is 5.73 Å². The number of benzene rings is 1. The Bertz CT molecular complexity index is 430. The van der Waals surface area contributed by atoms with Crippen molar-refractivity contribution in [1.29, 1.82) is 0 Å². The van der Waals surface area contributed by atoms with Crippen LogP contribution in [-0.4, -0.2) is 0 Å². The molecule has 1 aromatic carbocycles. The van der Waals surface area contributed by atoms with Crippen LogP contribution in [0.3, 0.4) is 0 Å². The summed E-state index contributed by atoms with van der Waals surface area (Å²) in [4.78, 5) is 0. The molecule has 1 aliphatic rings. The monoisotopic (exact) mass is 347 g/mol. The summed E-state index contributed by atoms with van der Waals surface area (Å²) in [5.41, 5.74) is 6.72. The molecule has 0 aliphatic heterocycles. The van der Waals surface area contributed by atoms with Gasteiger partial charge in [0.25, 0.3) is 0 Å². The van der Waals surface area contributed by atoms with Crippen LogP contribution in [0.4, 0.5) is 4.39 Å². The first-order valence-corrected chi connectivity index (χ1v) is 8.15. The zero-order chi connectivity index (χ0) is 13.8. The van der Waals surface area contributed by atoms with Crippen LogP contribution in [0.1, 0.15) is 56.6 Å². The fraction of sp³-hybridized carbons (Fsp3) is 0.600. The predicted octanol–water partition coefficient (Wildman–Crippen LogP) is 5.60. The van der Waals surface area contributed by atoms with Crippen LogP contribution in [-0.2, 0) is 0 Å². The molecule has 0 saturated heterocycles. The lowest BCUT2D eigenvalue weighted by atomic mass is 9.90. The molecule has 1 atom stereocenters. The molecule has 0 aromatic heterocycles. The molecule has 2 rings (SSSR count). The van der Waals surface area contributed by atoms with Gasteiger partial charge in [0.1, 0.15) is 5.82 Å². The summed E-state index contributed by atoms with van der Waals surface area (Å²) in [7, 11) is 0. The first-order valence-electron chi connectivity index (χ1n) is 6.98. The van der Waals surface area contributed by atoms with E-state index in [2.05, 4.69) is 15.9 Å². The Kier molecular flexibility index (Phi) is 5.67. The lowest BCUT2D eigenvalue weighted by molar-refractivity contribution is 0.387. The van der Waals surface area contributed by atoms with Crippen LogP contribution in [0, 0.1) is 11.7 Å². The summed E-state index contributed by atoms with van der Waals surface area (Å²) in [6.07, 6.45) is 8.50. The van der Waals surface area contributed by atoms with E-state index in [4.69, 9.17) is 17.3 Å². The van der Waals surface area contributed by atoms with Crippen molar-refractivity contribution in [1.82, 2.24) is 0 Å². The number of halogens is 3. The Morgan fingerprint density at radius 1 is 1.26 bits per heavy atom.